The standard InChI is InChI=1S/C19H14BrNO5S/c20-14-6-1-2-7-15(14)21-18(24)16(27-19(21)25)11-12-4-3-5-13(10-12)26-9-8-17(22)23/h1-7,10-11H,8-9H2,(H,22,23)/b16-11+. The number of ether oxygens (including phenoxy) is 1. The highest BCUT2D eigenvalue weighted by Crippen LogP contribution is 2.38. The summed E-state index contributed by atoms with van der Waals surface area (Å²) in [7, 11) is 0. The van der Waals surface area contributed by atoms with Crippen LogP contribution in [-0.4, -0.2) is 28.8 Å². The van der Waals surface area contributed by atoms with Gasteiger partial charge < -0.3 is 9.84 Å². The molecule has 6 nitrogen and oxygen atoms in total. The van der Waals surface area contributed by atoms with E-state index in [4.69, 9.17) is 9.84 Å². The predicted octanol–water partition coefficient (Wildman–Crippen LogP) is 4.54. The molecule has 0 saturated carbocycles. The van der Waals surface area contributed by atoms with Gasteiger partial charge in [0.05, 0.1) is 23.6 Å². The maximum absolute atomic E-state index is 12.7. The summed E-state index contributed by atoms with van der Waals surface area (Å²) in [5.74, 6) is -0.837. The van der Waals surface area contributed by atoms with Crippen LogP contribution in [0, 0.1) is 0 Å². The number of aliphatic carboxylic acids is 1. The smallest absolute Gasteiger partial charge is 0.306 e. The number of para-hydroxylation sites is 1. The summed E-state index contributed by atoms with van der Waals surface area (Å²) in [5, 5.41) is 8.29. The first kappa shape index (κ1) is 19.2. The highest BCUT2D eigenvalue weighted by Gasteiger charge is 2.37. The third kappa shape index (κ3) is 4.58. The summed E-state index contributed by atoms with van der Waals surface area (Å²) >= 11 is 4.23. The van der Waals surface area contributed by atoms with Crippen LogP contribution in [0.4, 0.5) is 10.5 Å². The summed E-state index contributed by atoms with van der Waals surface area (Å²) < 4.78 is 6.05. The SMILES string of the molecule is O=C(O)CCOc1cccc(/C=C2/SC(=O)N(c3ccccc3Br)C2=O)c1. The number of carboxylic acids is 1. The van der Waals surface area contributed by atoms with Crippen molar-refractivity contribution in [2.75, 3.05) is 11.5 Å². The normalized spacial score (nSPS) is 15.4. The molecule has 0 aromatic heterocycles. The average molecular weight is 448 g/mol. The van der Waals surface area contributed by atoms with Crippen LogP contribution in [0.3, 0.4) is 0 Å². The number of benzene rings is 2. The van der Waals surface area contributed by atoms with Gasteiger partial charge in [0.2, 0.25) is 0 Å². The number of hydrogen-bond acceptors (Lipinski definition) is 5. The van der Waals surface area contributed by atoms with Crippen molar-refractivity contribution >= 4 is 56.6 Å². The minimum Gasteiger partial charge on any atom is -0.493 e. The molecule has 1 aliphatic rings. The Hall–Kier alpha value is -2.58. The number of carbonyl (C=O) groups is 3. The van der Waals surface area contributed by atoms with Crippen molar-refractivity contribution in [3.63, 3.8) is 0 Å². The molecule has 0 atom stereocenters. The second-order valence-corrected chi connectivity index (χ2v) is 7.38. The molecule has 27 heavy (non-hydrogen) atoms. The van der Waals surface area contributed by atoms with Gasteiger partial charge in [-0.05, 0) is 63.6 Å². The number of thioether (sulfide) groups is 1. The van der Waals surface area contributed by atoms with E-state index in [9.17, 15) is 14.4 Å². The number of imide groups is 1. The van der Waals surface area contributed by atoms with Crippen LogP contribution in [-0.2, 0) is 9.59 Å². The Morgan fingerprint density at radius 3 is 2.70 bits per heavy atom. The summed E-state index contributed by atoms with van der Waals surface area (Å²) in [5.41, 5.74) is 1.18. The Morgan fingerprint density at radius 2 is 1.96 bits per heavy atom. The lowest BCUT2D eigenvalue weighted by atomic mass is 10.2. The van der Waals surface area contributed by atoms with Gasteiger partial charge in [0.1, 0.15) is 5.75 Å². The van der Waals surface area contributed by atoms with Crippen molar-refractivity contribution in [3.8, 4) is 5.75 Å². The summed E-state index contributed by atoms with van der Waals surface area (Å²) in [4.78, 5) is 37.0. The topological polar surface area (TPSA) is 83.9 Å². The number of anilines is 1. The van der Waals surface area contributed by atoms with Gasteiger partial charge in [0.25, 0.3) is 11.1 Å². The number of carboxylic acid groups (broad SMARTS) is 1. The molecular weight excluding hydrogens is 434 g/mol. The van der Waals surface area contributed by atoms with Gasteiger partial charge in [-0.25, -0.2) is 4.90 Å². The molecule has 1 fully saturated rings. The van der Waals surface area contributed by atoms with Crippen molar-refractivity contribution in [3.05, 3.63) is 63.5 Å². The quantitative estimate of drug-likeness (QED) is 0.654. The number of hydrogen-bond donors (Lipinski definition) is 1. The first-order valence-corrected chi connectivity index (χ1v) is 9.54. The summed E-state index contributed by atoms with van der Waals surface area (Å²) in [6, 6.07) is 13.9. The highest BCUT2D eigenvalue weighted by molar-refractivity contribution is 9.10. The molecule has 0 unspecified atom stereocenters. The molecule has 138 valence electrons. The lowest BCUT2D eigenvalue weighted by molar-refractivity contribution is -0.137. The van der Waals surface area contributed by atoms with E-state index in [1.54, 1.807) is 54.6 Å². The molecule has 1 saturated heterocycles. The second-order valence-electron chi connectivity index (χ2n) is 5.53. The van der Waals surface area contributed by atoms with Crippen molar-refractivity contribution < 1.29 is 24.2 Å². The summed E-state index contributed by atoms with van der Waals surface area (Å²) in [6.07, 6.45) is 1.51. The zero-order valence-corrected chi connectivity index (χ0v) is 16.3. The number of amides is 2. The van der Waals surface area contributed by atoms with Gasteiger partial charge in [0, 0.05) is 4.47 Å². The van der Waals surface area contributed by atoms with Gasteiger partial charge in [-0.1, -0.05) is 24.3 Å². The molecule has 2 aromatic rings. The van der Waals surface area contributed by atoms with E-state index in [2.05, 4.69) is 15.9 Å². The van der Waals surface area contributed by atoms with Crippen LogP contribution < -0.4 is 9.64 Å². The van der Waals surface area contributed by atoms with Gasteiger partial charge in [-0.15, -0.1) is 0 Å². The largest absolute Gasteiger partial charge is 0.493 e. The lowest BCUT2D eigenvalue weighted by Gasteiger charge is -2.13. The van der Waals surface area contributed by atoms with Gasteiger partial charge >= 0.3 is 5.97 Å². The van der Waals surface area contributed by atoms with E-state index in [1.165, 1.54) is 0 Å². The van der Waals surface area contributed by atoms with E-state index in [-0.39, 0.29) is 18.3 Å². The van der Waals surface area contributed by atoms with E-state index < -0.39 is 11.9 Å². The van der Waals surface area contributed by atoms with E-state index in [1.807, 2.05) is 0 Å². The Kier molecular flexibility index (Phi) is 5.98. The third-order valence-electron chi connectivity index (χ3n) is 3.63. The molecule has 1 aliphatic heterocycles. The molecule has 0 radical (unpaired) electrons. The molecule has 2 amide bonds. The average Bonchev–Trinajstić information content (AvgIpc) is 2.89. The molecule has 8 heteroatoms. The predicted molar refractivity (Wildman–Crippen MR) is 107 cm³/mol. The molecule has 0 spiro atoms. The van der Waals surface area contributed by atoms with E-state index in [0.717, 1.165) is 16.7 Å². The van der Waals surface area contributed by atoms with Gasteiger partial charge in [0.15, 0.2) is 0 Å². The number of halogens is 1. The van der Waals surface area contributed by atoms with Gasteiger partial charge in [-0.2, -0.15) is 0 Å². The van der Waals surface area contributed by atoms with Crippen molar-refractivity contribution in [1.82, 2.24) is 0 Å². The van der Waals surface area contributed by atoms with Crippen LogP contribution in [0.1, 0.15) is 12.0 Å². The minimum absolute atomic E-state index is 0.0529. The molecule has 0 aliphatic carbocycles. The second kappa shape index (κ2) is 8.41. The first-order chi connectivity index (χ1) is 13.0. The maximum Gasteiger partial charge on any atom is 0.306 e. The van der Waals surface area contributed by atoms with E-state index in [0.29, 0.717) is 26.4 Å². The molecular formula is C19H14BrNO5S. The van der Waals surface area contributed by atoms with Crippen LogP contribution in [0.2, 0.25) is 0 Å². The molecule has 1 heterocycles. The number of nitrogens with zero attached hydrogens (tertiary/aromatic N) is 1. The fraction of sp³-hybridized carbons (Fsp3) is 0.105. The molecule has 2 aromatic carbocycles. The Bertz CT molecular complexity index is 943. The number of rotatable bonds is 6. The van der Waals surface area contributed by atoms with E-state index >= 15 is 0 Å². The monoisotopic (exact) mass is 447 g/mol. The summed E-state index contributed by atoms with van der Waals surface area (Å²) in [6.45, 7) is 0.0529. The lowest BCUT2D eigenvalue weighted by Crippen LogP contribution is -2.27. The van der Waals surface area contributed by atoms with Crippen molar-refractivity contribution in [2.45, 2.75) is 6.42 Å². The Labute approximate surface area is 167 Å². The number of carbonyl (C=O) groups excluding carboxylic acids is 2. The van der Waals surface area contributed by atoms with Crippen LogP contribution in [0.5, 0.6) is 5.75 Å². The highest BCUT2D eigenvalue weighted by atomic mass is 79.9. The minimum atomic E-state index is -0.938. The van der Waals surface area contributed by atoms with Crippen molar-refractivity contribution in [2.24, 2.45) is 0 Å². The fourth-order valence-corrected chi connectivity index (χ4v) is 3.71. The van der Waals surface area contributed by atoms with Crippen LogP contribution in [0.15, 0.2) is 57.9 Å². The van der Waals surface area contributed by atoms with Crippen LogP contribution in [0.25, 0.3) is 6.08 Å². The first-order valence-electron chi connectivity index (χ1n) is 7.93. The third-order valence-corrected chi connectivity index (χ3v) is 5.17. The van der Waals surface area contributed by atoms with Crippen LogP contribution >= 0.6 is 27.7 Å². The maximum atomic E-state index is 12.7. The Morgan fingerprint density at radius 1 is 1.19 bits per heavy atom. The van der Waals surface area contributed by atoms with Crippen molar-refractivity contribution in [1.29, 1.82) is 0 Å². The molecule has 1 N–H and O–H groups in total. The molecule has 3 rings (SSSR count). The fourth-order valence-electron chi connectivity index (χ4n) is 2.41. The zero-order chi connectivity index (χ0) is 19.4. The van der Waals surface area contributed by atoms with Gasteiger partial charge in [-0.3, -0.25) is 14.4 Å². The zero-order valence-electron chi connectivity index (χ0n) is 13.9. The Balaban J connectivity index is 1.80. The molecule has 0 bridgehead atoms.